The Morgan fingerprint density at radius 1 is 1.69 bits per heavy atom. The maximum Gasteiger partial charge on any atom is 0.0500 e. The first-order valence-corrected chi connectivity index (χ1v) is 5.75. The number of thiophene rings is 1. The highest BCUT2D eigenvalue weighted by atomic mass is 79.9. The van der Waals surface area contributed by atoms with Crippen molar-refractivity contribution in [2.24, 2.45) is 11.1 Å². The van der Waals surface area contributed by atoms with Crippen molar-refractivity contribution >= 4 is 27.3 Å². The number of nitrogens with two attached hydrogens (primary N) is 1. The van der Waals surface area contributed by atoms with Crippen LogP contribution in [0.1, 0.15) is 24.8 Å². The van der Waals surface area contributed by atoms with Crippen LogP contribution >= 0.6 is 27.3 Å². The van der Waals surface area contributed by atoms with Gasteiger partial charge in [0.25, 0.3) is 0 Å². The fourth-order valence-corrected chi connectivity index (χ4v) is 2.63. The van der Waals surface area contributed by atoms with Gasteiger partial charge in [-0.3, -0.25) is 0 Å². The Morgan fingerprint density at radius 3 is 2.69 bits per heavy atom. The quantitative estimate of drug-likeness (QED) is 0.881. The van der Waals surface area contributed by atoms with Gasteiger partial charge in [0, 0.05) is 26.2 Å². The summed E-state index contributed by atoms with van der Waals surface area (Å²) in [7, 11) is 0. The van der Waals surface area contributed by atoms with E-state index in [1.165, 1.54) is 0 Å². The molecule has 0 bridgehead atoms. The summed E-state index contributed by atoms with van der Waals surface area (Å²) in [6.07, 6.45) is 0. The monoisotopic (exact) mass is 263 g/mol. The van der Waals surface area contributed by atoms with Crippen LogP contribution in [0.3, 0.4) is 0 Å². The summed E-state index contributed by atoms with van der Waals surface area (Å²) in [5, 5.41) is 11.1. The second-order valence-electron chi connectivity index (χ2n) is 3.79. The predicted molar refractivity (Wildman–Crippen MR) is 59.8 cm³/mol. The fraction of sp³-hybridized carbons (Fsp3) is 0.556. The Hall–Kier alpha value is 0.1000. The van der Waals surface area contributed by atoms with Crippen molar-refractivity contribution in [1.29, 1.82) is 0 Å². The van der Waals surface area contributed by atoms with E-state index in [1.54, 1.807) is 11.3 Å². The summed E-state index contributed by atoms with van der Waals surface area (Å²) in [5.41, 5.74) is 5.77. The summed E-state index contributed by atoms with van der Waals surface area (Å²) in [6, 6.07) is 1.90. The lowest BCUT2D eigenvalue weighted by Gasteiger charge is -2.28. The maximum absolute atomic E-state index is 9.15. The number of aliphatic hydroxyl groups is 1. The molecule has 0 aliphatic heterocycles. The van der Waals surface area contributed by atoms with Gasteiger partial charge in [-0.05, 0) is 22.0 Å². The molecule has 0 unspecified atom stereocenters. The van der Waals surface area contributed by atoms with Crippen LogP contribution in [0.25, 0.3) is 0 Å². The Kier molecular flexibility index (Phi) is 3.51. The van der Waals surface area contributed by atoms with Crippen molar-refractivity contribution in [2.45, 2.75) is 19.9 Å². The van der Waals surface area contributed by atoms with E-state index >= 15 is 0 Å². The largest absolute Gasteiger partial charge is 0.396 e. The Labute approximate surface area is 90.9 Å². The summed E-state index contributed by atoms with van der Waals surface area (Å²) in [6.45, 7) is 4.03. The van der Waals surface area contributed by atoms with Gasteiger partial charge in [-0.25, -0.2) is 0 Å². The molecule has 0 amide bonds. The highest BCUT2D eigenvalue weighted by Crippen LogP contribution is 2.35. The standard InChI is InChI=1S/C9H14BrNOS/c1-9(2,5-12)8(11)7-3-6(10)4-13-7/h3-4,8,12H,5,11H2,1-2H3/t8-/m0/s1. The van der Waals surface area contributed by atoms with Crippen LogP contribution in [0.5, 0.6) is 0 Å². The normalized spacial score (nSPS) is 14.5. The first-order valence-electron chi connectivity index (χ1n) is 4.08. The highest BCUT2D eigenvalue weighted by molar-refractivity contribution is 9.10. The molecule has 1 aromatic heterocycles. The molecule has 4 heteroatoms. The molecule has 74 valence electrons. The van der Waals surface area contributed by atoms with E-state index < -0.39 is 0 Å². The maximum atomic E-state index is 9.15. The number of aliphatic hydroxyl groups excluding tert-OH is 1. The zero-order valence-electron chi connectivity index (χ0n) is 7.75. The fourth-order valence-electron chi connectivity index (χ4n) is 0.975. The van der Waals surface area contributed by atoms with Crippen molar-refractivity contribution in [3.63, 3.8) is 0 Å². The SMILES string of the molecule is CC(C)(CO)[C@@H](N)c1cc(Br)cs1. The van der Waals surface area contributed by atoms with E-state index in [4.69, 9.17) is 10.8 Å². The first kappa shape index (κ1) is 11.2. The third kappa shape index (κ3) is 2.53. The Bertz CT molecular complexity index is 285. The van der Waals surface area contributed by atoms with E-state index in [1.807, 2.05) is 25.3 Å². The van der Waals surface area contributed by atoms with Crippen molar-refractivity contribution in [3.8, 4) is 0 Å². The van der Waals surface area contributed by atoms with Crippen LogP contribution in [0.2, 0.25) is 0 Å². The summed E-state index contributed by atoms with van der Waals surface area (Å²) in [4.78, 5) is 1.10. The van der Waals surface area contributed by atoms with Crippen LogP contribution in [-0.4, -0.2) is 11.7 Å². The molecular weight excluding hydrogens is 250 g/mol. The molecule has 3 N–H and O–H groups in total. The van der Waals surface area contributed by atoms with Crippen molar-refractivity contribution in [1.82, 2.24) is 0 Å². The molecule has 0 fully saturated rings. The van der Waals surface area contributed by atoms with Crippen LogP contribution in [-0.2, 0) is 0 Å². The number of halogens is 1. The Balaban J connectivity index is 2.84. The second kappa shape index (κ2) is 4.09. The van der Waals surface area contributed by atoms with Gasteiger partial charge in [0.05, 0.1) is 6.61 Å². The smallest absolute Gasteiger partial charge is 0.0500 e. The van der Waals surface area contributed by atoms with Gasteiger partial charge in [0.1, 0.15) is 0 Å². The number of hydrogen-bond acceptors (Lipinski definition) is 3. The molecule has 0 saturated carbocycles. The molecule has 0 aromatic carbocycles. The van der Waals surface area contributed by atoms with Gasteiger partial charge in [0.2, 0.25) is 0 Å². The first-order chi connectivity index (χ1) is 5.97. The summed E-state index contributed by atoms with van der Waals surface area (Å²) < 4.78 is 1.05. The van der Waals surface area contributed by atoms with E-state index in [2.05, 4.69) is 15.9 Å². The minimum Gasteiger partial charge on any atom is -0.396 e. The van der Waals surface area contributed by atoms with Crippen LogP contribution < -0.4 is 5.73 Å². The van der Waals surface area contributed by atoms with Crippen molar-refractivity contribution in [3.05, 3.63) is 20.8 Å². The molecule has 0 aliphatic rings. The van der Waals surface area contributed by atoms with Gasteiger partial charge >= 0.3 is 0 Å². The minimum atomic E-state index is -0.260. The van der Waals surface area contributed by atoms with Gasteiger partial charge < -0.3 is 10.8 Å². The van der Waals surface area contributed by atoms with Crippen LogP contribution in [0.15, 0.2) is 15.9 Å². The van der Waals surface area contributed by atoms with Gasteiger partial charge in [0.15, 0.2) is 0 Å². The Morgan fingerprint density at radius 2 is 2.31 bits per heavy atom. The molecule has 1 atom stereocenters. The highest BCUT2D eigenvalue weighted by Gasteiger charge is 2.27. The molecule has 0 aliphatic carbocycles. The van der Waals surface area contributed by atoms with Crippen LogP contribution in [0.4, 0.5) is 0 Å². The molecule has 1 heterocycles. The summed E-state index contributed by atoms with van der Waals surface area (Å²) in [5.74, 6) is 0. The van der Waals surface area contributed by atoms with Gasteiger partial charge in [-0.2, -0.15) is 0 Å². The van der Waals surface area contributed by atoms with E-state index in [-0.39, 0.29) is 18.1 Å². The van der Waals surface area contributed by atoms with Crippen molar-refractivity contribution < 1.29 is 5.11 Å². The molecule has 1 rings (SSSR count). The molecule has 0 saturated heterocycles. The third-order valence-corrected chi connectivity index (χ3v) is 3.92. The van der Waals surface area contributed by atoms with E-state index in [0.29, 0.717) is 0 Å². The molecule has 2 nitrogen and oxygen atoms in total. The van der Waals surface area contributed by atoms with Gasteiger partial charge in [-0.1, -0.05) is 13.8 Å². The van der Waals surface area contributed by atoms with Crippen molar-refractivity contribution in [2.75, 3.05) is 6.61 Å². The number of rotatable bonds is 3. The zero-order chi connectivity index (χ0) is 10.1. The topological polar surface area (TPSA) is 46.2 Å². The molecule has 1 aromatic rings. The number of hydrogen-bond donors (Lipinski definition) is 2. The van der Waals surface area contributed by atoms with Crippen LogP contribution in [0, 0.1) is 5.41 Å². The second-order valence-corrected chi connectivity index (χ2v) is 5.65. The molecule has 13 heavy (non-hydrogen) atoms. The van der Waals surface area contributed by atoms with E-state index in [9.17, 15) is 0 Å². The molecular formula is C9H14BrNOS. The van der Waals surface area contributed by atoms with E-state index in [0.717, 1.165) is 9.35 Å². The lowest BCUT2D eigenvalue weighted by molar-refractivity contribution is 0.133. The third-order valence-electron chi connectivity index (χ3n) is 2.14. The predicted octanol–water partition coefficient (Wildman–Crippen LogP) is 2.53. The molecule has 0 radical (unpaired) electrons. The van der Waals surface area contributed by atoms with Gasteiger partial charge in [-0.15, -0.1) is 11.3 Å². The average molecular weight is 264 g/mol. The zero-order valence-corrected chi connectivity index (χ0v) is 10.2. The summed E-state index contributed by atoms with van der Waals surface area (Å²) >= 11 is 5.00. The average Bonchev–Trinajstić information content (AvgIpc) is 2.50. The lowest BCUT2D eigenvalue weighted by atomic mass is 9.85. The molecule has 0 spiro atoms. The minimum absolute atomic E-state index is 0.101. The lowest BCUT2D eigenvalue weighted by Crippen LogP contribution is -2.31.